The van der Waals surface area contributed by atoms with Gasteiger partial charge in [0, 0.05) is 25.1 Å². The van der Waals surface area contributed by atoms with Gasteiger partial charge >= 0.3 is 0 Å². The summed E-state index contributed by atoms with van der Waals surface area (Å²) in [5, 5.41) is 3.43. The number of rotatable bonds is 4. The summed E-state index contributed by atoms with van der Waals surface area (Å²) in [6, 6.07) is 0.584. The fraction of sp³-hybridized carbons (Fsp3) is 0.800. The second-order valence-electron chi connectivity index (χ2n) is 4.03. The van der Waals surface area contributed by atoms with E-state index in [1.165, 1.54) is 0 Å². The summed E-state index contributed by atoms with van der Waals surface area (Å²) in [5.74, 6) is 0. The predicted molar refractivity (Wildman–Crippen MR) is 51.2 cm³/mol. The van der Waals surface area contributed by atoms with Gasteiger partial charge in [-0.25, -0.2) is 0 Å². The van der Waals surface area contributed by atoms with Crippen molar-refractivity contribution in [2.45, 2.75) is 32.4 Å². The number of ether oxygens (including phenoxy) is 1. The minimum atomic E-state index is 0.276. The summed E-state index contributed by atoms with van der Waals surface area (Å²) >= 11 is 0. The van der Waals surface area contributed by atoms with Crippen molar-refractivity contribution < 1.29 is 4.74 Å². The first-order chi connectivity index (χ1) is 5.62. The quantitative estimate of drug-likeness (QED) is 0.645. The molecular weight excluding hydrogens is 150 g/mol. The van der Waals surface area contributed by atoms with Gasteiger partial charge in [-0.3, -0.25) is 0 Å². The van der Waals surface area contributed by atoms with E-state index < -0.39 is 0 Å². The van der Waals surface area contributed by atoms with Crippen LogP contribution >= 0.6 is 0 Å². The monoisotopic (exact) mass is 169 g/mol. The highest BCUT2D eigenvalue weighted by molar-refractivity contribution is 5.03. The van der Waals surface area contributed by atoms with Crippen molar-refractivity contribution >= 4 is 0 Å². The summed E-state index contributed by atoms with van der Waals surface area (Å²) in [4.78, 5) is 0. The molecule has 1 rings (SSSR count). The van der Waals surface area contributed by atoms with Crippen molar-refractivity contribution in [3.8, 4) is 0 Å². The Morgan fingerprint density at radius 3 is 2.75 bits per heavy atom. The molecule has 0 aromatic carbocycles. The highest BCUT2D eigenvalue weighted by Crippen LogP contribution is 2.42. The van der Waals surface area contributed by atoms with Crippen LogP contribution in [0.5, 0.6) is 0 Å². The van der Waals surface area contributed by atoms with Crippen molar-refractivity contribution in [2.75, 3.05) is 13.7 Å². The smallest absolute Gasteiger partial charge is 0.0652 e. The van der Waals surface area contributed by atoms with Gasteiger partial charge < -0.3 is 10.1 Å². The standard InChI is InChI=1S/C10H19NO/c1-5-6-11-8-7-9(12-4)10(8,2)3/h5,8-9,11H,1,6-7H2,2-4H3. The molecule has 0 radical (unpaired) electrons. The van der Waals surface area contributed by atoms with Crippen molar-refractivity contribution in [1.82, 2.24) is 5.32 Å². The molecule has 0 saturated heterocycles. The Morgan fingerprint density at radius 1 is 1.67 bits per heavy atom. The van der Waals surface area contributed by atoms with Crippen molar-refractivity contribution in [2.24, 2.45) is 5.41 Å². The molecule has 1 fully saturated rings. The average molecular weight is 169 g/mol. The van der Waals surface area contributed by atoms with Crippen LogP contribution in [0, 0.1) is 5.41 Å². The van der Waals surface area contributed by atoms with Gasteiger partial charge in [-0.1, -0.05) is 19.9 Å². The Balaban J connectivity index is 2.36. The van der Waals surface area contributed by atoms with Gasteiger partial charge in [-0.15, -0.1) is 6.58 Å². The Morgan fingerprint density at radius 2 is 2.33 bits per heavy atom. The lowest BCUT2D eigenvalue weighted by Crippen LogP contribution is -2.60. The van der Waals surface area contributed by atoms with E-state index in [1.807, 2.05) is 6.08 Å². The van der Waals surface area contributed by atoms with E-state index in [-0.39, 0.29) is 5.41 Å². The van der Waals surface area contributed by atoms with Gasteiger partial charge in [0.1, 0.15) is 0 Å². The zero-order valence-electron chi connectivity index (χ0n) is 8.26. The van der Waals surface area contributed by atoms with Crippen LogP contribution in [0.3, 0.4) is 0 Å². The Labute approximate surface area is 75.0 Å². The Hall–Kier alpha value is -0.340. The molecule has 0 aromatic heterocycles. The molecule has 2 nitrogen and oxygen atoms in total. The molecule has 0 spiro atoms. The molecule has 0 aromatic rings. The molecule has 1 aliphatic rings. The Bertz CT molecular complexity index is 165. The van der Waals surface area contributed by atoms with E-state index in [0.29, 0.717) is 12.1 Å². The topological polar surface area (TPSA) is 21.3 Å². The number of methoxy groups -OCH3 is 1. The van der Waals surface area contributed by atoms with Crippen molar-refractivity contribution in [3.05, 3.63) is 12.7 Å². The largest absolute Gasteiger partial charge is 0.381 e. The number of hydrogen-bond donors (Lipinski definition) is 1. The molecule has 0 amide bonds. The zero-order valence-corrected chi connectivity index (χ0v) is 8.26. The maximum Gasteiger partial charge on any atom is 0.0652 e. The molecule has 1 saturated carbocycles. The lowest BCUT2D eigenvalue weighted by molar-refractivity contribution is -0.0964. The molecule has 1 aliphatic carbocycles. The van der Waals surface area contributed by atoms with E-state index in [9.17, 15) is 0 Å². The summed E-state index contributed by atoms with van der Waals surface area (Å²) in [7, 11) is 1.79. The van der Waals surface area contributed by atoms with Gasteiger partial charge in [-0.05, 0) is 6.42 Å². The fourth-order valence-electron chi connectivity index (χ4n) is 1.86. The van der Waals surface area contributed by atoms with Gasteiger partial charge in [0.2, 0.25) is 0 Å². The number of hydrogen-bond acceptors (Lipinski definition) is 2. The first kappa shape index (κ1) is 9.75. The SMILES string of the molecule is C=CCNC1CC(OC)C1(C)C. The third-order valence-electron chi connectivity index (χ3n) is 2.97. The predicted octanol–water partition coefficient (Wildman–Crippen LogP) is 1.58. The highest BCUT2D eigenvalue weighted by Gasteiger charge is 2.47. The molecule has 2 atom stereocenters. The lowest BCUT2D eigenvalue weighted by Gasteiger charge is -2.51. The van der Waals surface area contributed by atoms with E-state index >= 15 is 0 Å². The van der Waals surface area contributed by atoms with Crippen LogP contribution < -0.4 is 5.32 Å². The minimum absolute atomic E-state index is 0.276. The van der Waals surface area contributed by atoms with Gasteiger partial charge in [0.15, 0.2) is 0 Å². The third kappa shape index (κ3) is 1.54. The minimum Gasteiger partial charge on any atom is -0.381 e. The summed E-state index contributed by atoms with van der Waals surface area (Å²) in [6.07, 6.45) is 3.44. The first-order valence-electron chi connectivity index (χ1n) is 4.50. The average Bonchev–Trinajstić information content (AvgIpc) is 2.03. The normalized spacial score (nSPS) is 32.6. The van der Waals surface area contributed by atoms with E-state index in [2.05, 4.69) is 25.7 Å². The van der Waals surface area contributed by atoms with Crippen molar-refractivity contribution in [3.63, 3.8) is 0 Å². The van der Waals surface area contributed by atoms with Crippen LogP contribution in [0.4, 0.5) is 0 Å². The fourth-order valence-corrected chi connectivity index (χ4v) is 1.86. The van der Waals surface area contributed by atoms with Crippen LogP contribution in [0.2, 0.25) is 0 Å². The van der Waals surface area contributed by atoms with Crippen LogP contribution in [0.1, 0.15) is 20.3 Å². The van der Waals surface area contributed by atoms with Gasteiger partial charge in [0.05, 0.1) is 6.10 Å². The second kappa shape index (κ2) is 3.58. The molecule has 0 heterocycles. The summed E-state index contributed by atoms with van der Waals surface area (Å²) in [6.45, 7) is 9.06. The summed E-state index contributed by atoms with van der Waals surface area (Å²) < 4.78 is 5.35. The van der Waals surface area contributed by atoms with Crippen molar-refractivity contribution in [1.29, 1.82) is 0 Å². The molecule has 12 heavy (non-hydrogen) atoms. The first-order valence-corrected chi connectivity index (χ1v) is 4.50. The molecular formula is C10H19NO. The lowest BCUT2D eigenvalue weighted by atomic mass is 9.64. The van der Waals surface area contributed by atoms with Crippen LogP contribution in [0.25, 0.3) is 0 Å². The Kier molecular flexibility index (Phi) is 2.91. The molecule has 70 valence electrons. The van der Waals surface area contributed by atoms with Gasteiger partial charge in [0.25, 0.3) is 0 Å². The van der Waals surface area contributed by atoms with Crippen LogP contribution in [-0.4, -0.2) is 25.8 Å². The maximum atomic E-state index is 5.35. The van der Waals surface area contributed by atoms with E-state index in [0.717, 1.165) is 13.0 Å². The summed E-state index contributed by atoms with van der Waals surface area (Å²) in [5.41, 5.74) is 0.276. The number of nitrogens with one attached hydrogen (secondary N) is 1. The molecule has 0 bridgehead atoms. The molecule has 2 unspecified atom stereocenters. The van der Waals surface area contributed by atoms with E-state index in [1.54, 1.807) is 7.11 Å². The van der Waals surface area contributed by atoms with Gasteiger partial charge in [-0.2, -0.15) is 0 Å². The van der Waals surface area contributed by atoms with Crippen LogP contribution in [-0.2, 0) is 4.74 Å². The second-order valence-corrected chi connectivity index (χ2v) is 4.03. The zero-order chi connectivity index (χ0) is 9.19. The molecule has 2 heteroatoms. The van der Waals surface area contributed by atoms with Crippen LogP contribution in [0.15, 0.2) is 12.7 Å². The molecule has 1 N–H and O–H groups in total. The maximum absolute atomic E-state index is 5.35. The van der Waals surface area contributed by atoms with E-state index in [4.69, 9.17) is 4.74 Å². The third-order valence-corrected chi connectivity index (χ3v) is 2.97. The molecule has 0 aliphatic heterocycles. The highest BCUT2D eigenvalue weighted by atomic mass is 16.5.